The Morgan fingerprint density at radius 2 is 1.72 bits per heavy atom. The van der Waals surface area contributed by atoms with Crippen molar-refractivity contribution < 1.29 is 9.18 Å². The number of carbonyl (C=O) groups is 1. The first-order chi connectivity index (χ1) is 11.6. The molecule has 3 rings (SSSR count). The van der Waals surface area contributed by atoms with Gasteiger partial charge in [-0.25, -0.2) is 4.39 Å². The van der Waals surface area contributed by atoms with Gasteiger partial charge in [-0.2, -0.15) is 0 Å². The van der Waals surface area contributed by atoms with E-state index in [1.54, 1.807) is 11.0 Å². The number of hydrogen-bond acceptors (Lipinski definition) is 2. The van der Waals surface area contributed by atoms with Crippen molar-refractivity contribution in [3.8, 4) is 11.1 Å². The Labute approximate surface area is 154 Å². The molecule has 0 atom stereocenters. The summed E-state index contributed by atoms with van der Waals surface area (Å²) in [6, 6.07) is 11.0. The van der Waals surface area contributed by atoms with E-state index in [2.05, 4.69) is 12.2 Å². The van der Waals surface area contributed by atoms with Crippen molar-refractivity contribution in [2.45, 2.75) is 20.3 Å². The third-order valence-corrected chi connectivity index (χ3v) is 4.67. The smallest absolute Gasteiger partial charge is 0.256 e. The summed E-state index contributed by atoms with van der Waals surface area (Å²) in [6.45, 7) is 7.05. The number of rotatable bonds is 2. The van der Waals surface area contributed by atoms with Crippen LogP contribution in [0, 0.1) is 19.7 Å². The largest absolute Gasteiger partial charge is 0.337 e. The molecule has 1 amide bonds. The van der Waals surface area contributed by atoms with Crippen LogP contribution in [0.15, 0.2) is 36.4 Å². The number of nitrogens with zero attached hydrogens (tertiary/aromatic N) is 1. The van der Waals surface area contributed by atoms with Gasteiger partial charge >= 0.3 is 0 Å². The number of aryl methyl sites for hydroxylation is 2. The van der Waals surface area contributed by atoms with Gasteiger partial charge < -0.3 is 10.2 Å². The average Bonchev–Trinajstić information content (AvgIpc) is 2.86. The van der Waals surface area contributed by atoms with E-state index in [1.807, 2.05) is 31.2 Å². The van der Waals surface area contributed by atoms with Crippen LogP contribution in [0.3, 0.4) is 0 Å². The molecule has 0 radical (unpaired) electrons. The highest BCUT2D eigenvalue weighted by molar-refractivity contribution is 5.95. The molecule has 3 nitrogen and oxygen atoms in total. The van der Waals surface area contributed by atoms with E-state index in [9.17, 15) is 9.18 Å². The van der Waals surface area contributed by atoms with Gasteiger partial charge in [0.15, 0.2) is 0 Å². The topological polar surface area (TPSA) is 32.3 Å². The minimum atomic E-state index is -0.451. The summed E-state index contributed by atoms with van der Waals surface area (Å²) in [7, 11) is 0. The number of hydrogen-bond donors (Lipinski definition) is 1. The monoisotopic (exact) mass is 362 g/mol. The minimum absolute atomic E-state index is 0. The molecular weight excluding hydrogens is 339 g/mol. The zero-order valence-corrected chi connectivity index (χ0v) is 15.5. The lowest BCUT2D eigenvalue weighted by Gasteiger charge is -2.20. The van der Waals surface area contributed by atoms with Crippen LogP contribution in [-0.2, 0) is 0 Å². The van der Waals surface area contributed by atoms with Crippen LogP contribution in [0.25, 0.3) is 11.1 Å². The Morgan fingerprint density at radius 3 is 2.44 bits per heavy atom. The SMILES string of the molecule is Cc1ccc(-c2ccc(C(=O)N3CCCNCC3)c(F)c2)cc1C.Cl. The van der Waals surface area contributed by atoms with Gasteiger partial charge in [-0.3, -0.25) is 4.79 Å². The van der Waals surface area contributed by atoms with E-state index in [4.69, 9.17) is 0 Å². The van der Waals surface area contributed by atoms with Crippen molar-refractivity contribution in [1.29, 1.82) is 0 Å². The summed E-state index contributed by atoms with van der Waals surface area (Å²) in [5.74, 6) is -0.671. The second kappa shape index (κ2) is 8.45. The summed E-state index contributed by atoms with van der Waals surface area (Å²) in [4.78, 5) is 14.3. The lowest BCUT2D eigenvalue weighted by atomic mass is 9.99. The number of amides is 1. The van der Waals surface area contributed by atoms with E-state index in [-0.39, 0.29) is 23.9 Å². The highest BCUT2D eigenvalue weighted by atomic mass is 35.5. The Bertz CT molecular complexity index is 755. The van der Waals surface area contributed by atoms with Gasteiger partial charge in [0.25, 0.3) is 5.91 Å². The molecule has 1 fully saturated rings. The average molecular weight is 363 g/mol. The molecule has 1 heterocycles. The van der Waals surface area contributed by atoms with Crippen LogP contribution in [-0.4, -0.2) is 37.0 Å². The molecule has 5 heteroatoms. The van der Waals surface area contributed by atoms with Crippen molar-refractivity contribution in [1.82, 2.24) is 10.2 Å². The van der Waals surface area contributed by atoms with Crippen molar-refractivity contribution >= 4 is 18.3 Å². The molecule has 2 aromatic rings. The fraction of sp³-hybridized carbons (Fsp3) is 0.350. The first-order valence-corrected chi connectivity index (χ1v) is 8.43. The molecule has 0 aromatic heterocycles. The zero-order valence-electron chi connectivity index (χ0n) is 14.6. The van der Waals surface area contributed by atoms with Gasteiger partial charge in [-0.05, 0) is 61.2 Å². The molecule has 0 bridgehead atoms. The number of nitrogens with one attached hydrogen (secondary N) is 1. The Hall–Kier alpha value is -1.91. The quantitative estimate of drug-likeness (QED) is 0.876. The summed E-state index contributed by atoms with van der Waals surface area (Å²) >= 11 is 0. The van der Waals surface area contributed by atoms with Crippen molar-refractivity contribution in [2.24, 2.45) is 0 Å². The van der Waals surface area contributed by atoms with Crippen LogP contribution in [0.5, 0.6) is 0 Å². The molecule has 1 aliphatic rings. The third kappa shape index (κ3) is 4.39. The second-order valence-electron chi connectivity index (χ2n) is 6.39. The maximum Gasteiger partial charge on any atom is 0.256 e. The van der Waals surface area contributed by atoms with Gasteiger partial charge in [0.2, 0.25) is 0 Å². The summed E-state index contributed by atoms with van der Waals surface area (Å²) in [5, 5.41) is 3.25. The van der Waals surface area contributed by atoms with Crippen molar-refractivity contribution in [2.75, 3.05) is 26.2 Å². The highest BCUT2D eigenvalue weighted by Gasteiger charge is 2.20. The third-order valence-electron chi connectivity index (χ3n) is 4.67. The Balaban J connectivity index is 0.00000225. The van der Waals surface area contributed by atoms with Gasteiger partial charge in [0.05, 0.1) is 5.56 Å². The molecule has 0 unspecified atom stereocenters. The number of carbonyl (C=O) groups excluding carboxylic acids is 1. The Morgan fingerprint density at radius 1 is 1.00 bits per heavy atom. The molecule has 0 spiro atoms. The molecule has 0 saturated carbocycles. The first kappa shape index (κ1) is 19.4. The zero-order chi connectivity index (χ0) is 17.1. The molecule has 25 heavy (non-hydrogen) atoms. The Kier molecular flexibility index (Phi) is 6.57. The van der Waals surface area contributed by atoms with E-state index in [1.165, 1.54) is 17.2 Å². The normalized spacial score (nSPS) is 14.6. The minimum Gasteiger partial charge on any atom is -0.337 e. The summed E-state index contributed by atoms with van der Waals surface area (Å²) in [5.41, 5.74) is 4.30. The molecular formula is C20H24ClFN2O. The molecule has 0 aliphatic carbocycles. The molecule has 2 aromatic carbocycles. The standard InChI is InChI=1S/C20H23FN2O.ClH/c1-14-4-5-16(12-15(14)2)17-6-7-18(19(21)13-17)20(24)23-10-3-8-22-9-11-23;/h4-7,12-13,22H,3,8-11H2,1-2H3;1H. The predicted octanol–water partition coefficient (Wildman–Crippen LogP) is 3.97. The maximum atomic E-state index is 14.6. The highest BCUT2D eigenvalue weighted by Crippen LogP contribution is 2.25. The second-order valence-corrected chi connectivity index (χ2v) is 6.39. The predicted molar refractivity (Wildman–Crippen MR) is 102 cm³/mol. The fourth-order valence-corrected chi connectivity index (χ4v) is 3.01. The van der Waals surface area contributed by atoms with Gasteiger partial charge in [0.1, 0.15) is 5.82 Å². The first-order valence-electron chi connectivity index (χ1n) is 8.43. The van der Waals surface area contributed by atoms with Gasteiger partial charge in [-0.1, -0.05) is 24.3 Å². The van der Waals surface area contributed by atoms with E-state index < -0.39 is 5.82 Å². The van der Waals surface area contributed by atoms with E-state index >= 15 is 0 Å². The van der Waals surface area contributed by atoms with E-state index in [0.717, 1.165) is 30.6 Å². The lowest BCUT2D eigenvalue weighted by molar-refractivity contribution is 0.0761. The van der Waals surface area contributed by atoms with Crippen molar-refractivity contribution in [3.05, 3.63) is 58.9 Å². The van der Waals surface area contributed by atoms with Crippen LogP contribution < -0.4 is 5.32 Å². The molecule has 1 N–H and O–H groups in total. The number of benzene rings is 2. The van der Waals surface area contributed by atoms with Crippen LogP contribution in [0.1, 0.15) is 27.9 Å². The van der Waals surface area contributed by atoms with Gasteiger partial charge in [-0.15, -0.1) is 12.4 Å². The summed E-state index contributed by atoms with van der Waals surface area (Å²) < 4.78 is 14.6. The van der Waals surface area contributed by atoms with E-state index in [0.29, 0.717) is 13.1 Å². The summed E-state index contributed by atoms with van der Waals surface area (Å²) in [6.07, 6.45) is 0.897. The van der Waals surface area contributed by atoms with Crippen LogP contribution in [0.4, 0.5) is 4.39 Å². The lowest BCUT2D eigenvalue weighted by Crippen LogP contribution is -2.34. The molecule has 1 saturated heterocycles. The maximum absolute atomic E-state index is 14.6. The number of halogens is 2. The molecule has 134 valence electrons. The molecule has 1 aliphatic heterocycles. The van der Waals surface area contributed by atoms with Crippen LogP contribution >= 0.6 is 12.4 Å². The fourth-order valence-electron chi connectivity index (χ4n) is 3.01. The van der Waals surface area contributed by atoms with Gasteiger partial charge in [0, 0.05) is 19.6 Å². The van der Waals surface area contributed by atoms with Crippen LogP contribution in [0.2, 0.25) is 0 Å². The van der Waals surface area contributed by atoms with Crippen molar-refractivity contribution in [3.63, 3.8) is 0 Å².